The average molecular weight is 433 g/mol. The molecule has 0 bridgehead atoms. The van der Waals surface area contributed by atoms with Crippen LogP contribution >= 0.6 is 0 Å². The van der Waals surface area contributed by atoms with Crippen LogP contribution in [0.25, 0.3) is 5.69 Å². The van der Waals surface area contributed by atoms with Crippen LogP contribution in [0, 0.1) is 12.8 Å². The second-order valence-electron chi connectivity index (χ2n) is 8.27. The molecule has 0 saturated carbocycles. The smallest absolute Gasteiger partial charge is 0.295 e. The van der Waals surface area contributed by atoms with E-state index in [0.717, 1.165) is 24.1 Å². The fourth-order valence-corrected chi connectivity index (χ4v) is 4.29. The third kappa shape index (κ3) is 4.43. The molecule has 32 heavy (non-hydrogen) atoms. The summed E-state index contributed by atoms with van der Waals surface area (Å²) in [6, 6.07) is 18.7. The van der Waals surface area contributed by atoms with Crippen LogP contribution in [-0.4, -0.2) is 45.6 Å². The SMILES string of the molecule is Cc1c(NC(=O)CN2CCC(C(=O)c3ccccc3)CC2)c(=O)n(-c2ccccc2)n1C. The number of likely N-dealkylation sites (tertiary alicyclic amines) is 1. The Balaban J connectivity index is 1.37. The van der Waals surface area contributed by atoms with Crippen LogP contribution in [0.3, 0.4) is 0 Å². The van der Waals surface area contributed by atoms with Crippen molar-refractivity contribution in [2.24, 2.45) is 13.0 Å². The Labute approximate surface area is 187 Å². The van der Waals surface area contributed by atoms with E-state index in [1.165, 1.54) is 0 Å². The van der Waals surface area contributed by atoms with Crippen molar-refractivity contribution in [2.45, 2.75) is 19.8 Å². The molecule has 0 spiro atoms. The number of piperidine rings is 1. The van der Waals surface area contributed by atoms with E-state index in [1.54, 1.807) is 16.4 Å². The summed E-state index contributed by atoms with van der Waals surface area (Å²) in [6.07, 6.45) is 1.46. The number of nitrogens with one attached hydrogen (secondary N) is 1. The molecule has 7 nitrogen and oxygen atoms in total. The molecule has 0 aliphatic carbocycles. The van der Waals surface area contributed by atoms with E-state index >= 15 is 0 Å². The topological polar surface area (TPSA) is 76.3 Å². The highest BCUT2D eigenvalue weighted by molar-refractivity contribution is 5.98. The highest BCUT2D eigenvalue weighted by Gasteiger charge is 2.27. The van der Waals surface area contributed by atoms with Crippen LogP contribution in [-0.2, 0) is 11.8 Å². The molecule has 7 heteroatoms. The molecule has 0 unspecified atom stereocenters. The predicted molar refractivity (Wildman–Crippen MR) is 124 cm³/mol. The summed E-state index contributed by atoms with van der Waals surface area (Å²) in [5.41, 5.74) is 2.23. The lowest BCUT2D eigenvalue weighted by Gasteiger charge is -2.30. The fourth-order valence-electron chi connectivity index (χ4n) is 4.29. The monoisotopic (exact) mass is 432 g/mol. The Morgan fingerprint density at radius 3 is 2.19 bits per heavy atom. The van der Waals surface area contributed by atoms with Crippen molar-refractivity contribution in [1.82, 2.24) is 14.3 Å². The van der Waals surface area contributed by atoms with E-state index in [0.29, 0.717) is 24.5 Å². The summed E-state index contributed by atoms with van der Waals surface area (Å²) in [4.78, 5) is 40.4. The Morgan fingerprint density at radius 2 is 1.56 bits per heavy atom. The van der Waals surface area contributed by atoms with E-state index < -0.39 is 0 Å². The molecule has 1 amide bonds. The fraction of sp³-hybridized carbons (Fsp3) is 0.320. The number of nitrogens with zero attached hydrogens (tertiary/aromatic N) is 3. The minimum Gasteiger partial charge on any atom is -0.319 e. The van der Waals surface area contributed by atoms with Gasteiger partial charge in [-0.15, -0.1) is 0 Å². The van der Waals surface area contributed by atoms with Crippen LogP contribution in [0.4, 0.5) is 5.69 Å². The van der Waals surface area contributed by atoms with Crippen LogP contribution in [0.5, 0.6) is 0 Å². The van der Waals surface area contributed by atoms with E-state index in [1.807, 2.05) is 72.5 Å². The Bertz CT molecular complexity index is 1160. The molecular formula is C25H28N4O3. The second kappa shape index (κ2) is 9.36. The number of carbonyl (C=O) groups excluding carboxylic acids is 2. The first-order chi connectivity index (χ1) is 15.5. The maximum absolute atomic E-state index is 13.0. The standard InChI is InChI=1S/C25H28N4O3/c1-18-23(25(32)29(27(18)2)21-11-7-4-8-12-21)26-22(30)17-28-15-13-20(14-16-28)24(31)19-9-5-3-6-10-19/h3-12,20H,13-17H2,1-2H3,(H,26,30). The predicted octanol–water partition coefficient (Wildman–Crippen LogP) is 3.02. The van der Waals surface area contributed by atoms with Crippen LogP contribution in [0.1, 0.15) is 28.9 Å². The Hall–Kier alpha value is -3.45. The lowest BCUT2D eigenvalue weighted by Crippen LogP contribution is -2.41. The van der Waals surface area contributed by atoms with Crippen LogP contribution in [0.2, 0.25) is 0 Å². The van der Waals surface area contributed by atoms with Gasteiger partial charge in [-0.25, -0.2) is 4.68 Å². The first-order valence-corrected chi connectivity index (χ1v) is 10.9. The minimum atomic E-state index is -0.253. The van der Waals surface area contributed by atoms with Gasteiger partial charge in [-0.1, -0.05) is 48.5 Å². The largest absolute Gasteiger partial charge is 0.319 e. The molecule has 166 valence electrons. The third-order valence-corrected chi connectivity index (χ3v) is 6.20. The van der Waals surface area contributed by atoms with Gasteiger partial charge in [0.15, 0.2) is 5.78 Å². The normalized spacial score (nSPS) is 14.9. The lowest BCUT2D eigenvalue weighted by molar-refractivity contribution is -0.117. The zero-order valence-corrected chi connectivity index (χ0v) is 18.5. The highest BCUT2D eigenvalue weighted by atomic mass is 16.2. The minimum absolute atomic E-state index is 0.00819. The maximum atomic E-state index is 13.0. The number of rotatable bonds is 6. The number of hydrogen-bond acceptors (Lipinski definition) is 4. The zero-order valence-electron chi connectivity index (χ0n) is 18.5. The van der Waals surface area contributed by atoms with Gasteiger partial charge in [0.1, 0.15) is 5.69 Å². The molecule has 1 aliphatic heterocycles. The molecule has 0 atom stereocenters. The van der Waals surface area contributed by atoms with Gasteiger partial charge in [0.25, 0.3) is 5.56 Å². The summed E-state index contributed by atoms with van der Waals surface area (Å²) in [5, 5.41) is 2.81. The van der Waals surface area contributed by atoms with Gasteiger partial charge in [-0.2, -0.15) is 0 Å². The van der Waals surface area contributed by atoms with E-state index in [2.05, 4.69) is 5.32 Å². The van der Waals surface area contributed by atoms with E-state index in [4.69, 9.17) is 0 Å². The van der Waals surface area contributed by atoms with Gasteiger partial charge < -0.3 is 5.32 Å². The number of carbonyl (C=O) groups is 2. The van der Waals surface area contributed by atoms with Gasteiger partial charge in [0.2, 0.25) is 5.91 Å². The number of benzene rings is 2. The molecule has 1 saturated heterocycles. The molecule has 2 aromatic carbocycles. The van der Waals surface area contributed by atoms with E-state index in [9.17, 15) is 14.4 Å². The summed E-state index contributed by atoms with van der Waals surface area (Å²) in [7, 11) is 1.80. The van der Waals surface area contributed by atoms with Crippen molar-refractivity contribution in [3.8, 4) is 5.69 Å². The molecule has 1 fully saturated rings. The third-order valence-electron chi connectivity index (χ3n) is 6.20. The number of amides is 1. The number of anilines is 1. The van der Waals surface area contributed by atoms with Crippen LogP contribution in [0.15, 0.2) is 65.5 Å². The Kier molecular flexibility index (Phi) is 6.37. The molecule has 0 radical (unpaired) electrons. The summed E-state index contributed by atoms with van der Waals surface area (Å²) in [5.74, 6) is -0.0499. The second-order valence-corrected chi connectivity index (χ2v) is 8.27. The molecule has 1 aliphatic rings. The van der Waals surface area contributed by atoms with Gasteiger partial charge in [-0.3, -0.25) is 24.0 Å². The number of Topliss-reactive ketones (excluding diaryl/α,β-unsaturated/α-hetero) is 1. The van der Waals surface area contributed by atoms with Gasteiger partial charge in [0.05, 0.1) is 17.9 Å². The first-order valence-electron chi connectivity index (χ1n) is 10.9. The van der Waals surface area contributed by atoms with Crippen molar-refractivity contribution in [2.75, 3.05) is 25.0 Å². The first kappa shape index (κ1) is 21.8. The molecule has 1 N–H and O–H groups in total. The van der Waals surface area contributed by atoms with Crippen molar-refractivity contribution in [3.63, 3.8) is 0 Å². The lowest BCUT2D eigenvalue weighted by atomic mass is 9.89. The Morgan fingerprint density at radius 1 is 0.969 bits per heavy atom. The molecule has 1 aromatic heterocycles. The number of hydrogen-bond donors (Lipinski definition) is 1. The van der Waals surface area contributed by atoms with Gasteiger partial charge in [0, 0.05) is 18.5 Å². The van der Waals surface area contributed by atoms with Crippen molar-refractivity contribution < 1.29 is 9.59 Å². The van der Waals surface area contributed by atoms with Crippen molar-refractivity contribution in [3.05, 3.63) is 82.3 Å². The van der Waals surface area contributed by atoms with Crippen molar-refractivity contribution >= 4 is 17.4 Å². The maximum Gasteiger partial charge on any atom is 0.295 e. The molecular weight excluding hydrogens is 404 g/mol. The zero-order chi connectivity index (χ0) is 22.7. The summed E-state index contributed by atoms with van der Waals surface area (Å²) in [6.45, 7) is 3.37. The van der Waals surface area contributed by atoms with E-state index in [-0.39, 0.29) is 29.7 Å². The van der Waals surface area contributed by atoms with Crippen LogP contribution < -0.4 is 10.9 Å². The average Bonchev–Trinajstić information content (AvgIpc) is 3.03. The van der Waals surface area contributed by atoms with Gasteiger partial charge >= 0.3 is 0 Å². The number of para-hydroxylation sites is 1. The number of aromatic nitrogens is 2. The summed E-state index contributed by atoms with van der Waals surface area (Å²) < 4.78 is 3.29. The highest BCUT2D eigenvalue weighted by Crippen LogP contribution is 2.22. The molecule has 2 heterocycles. The summed E-state index contributed by atoms with van der Waals surface area (Å²) >= 11 is 0. The number of ketones is 1. The molecule has 3 aromatic rings. The molecule has 4 rings (SSSR count). The quantitative estimate of drug-likeness (QED) is 0.608. The van der Waals surface area contributed by atoms with Gasteiger partial charge in [-0.05, 0) is 45.0 Å². The van der Waals surface area contributed by atoms with Crippen molar-refractivity contribution in [1.29, 1.82) is 0 Å².